The summed E-state index contributed by atoms with van der Waals surface area (Å²) in [7, 11) is 0. The molecule has 2 aromatic heterocycles. The lowest BCUT2D eigenvalue weighted by molar-refractivity contribution is -0.124. The van der Waals surface area contributed by atoms with Gasteiger partial charge in [0.1, 0.15) is 5.76 Å². The molecule has 0 unspecified atom stereocenters. The van der Waals surface area contributed by atoms with E-state index < -0.39 is 16.6 Å². The molecule has 0 aliphatic carbocycles. The Morgan fingerprint density at radius 2 is 2.07 bits per heavy atom. The number of nitrogens with one attached hydrogen (secondary N) is 1. The number of carbonyl (C=O) groups excluding carboxylic acids is 1. The third-order valence-electron chi connectivity index (χ3n) is 4.91. The number of nitrogens with zero attached hydrogens (tertiary/aromatic N) is 2. The lowest BCUT2D eigenvalue weighted by Gasteiger charge is -2.35. The van der Waals surface area contributed by atoms with Gasteiger partial charge in [-0.3, -0.25) is 9.59 Å². The highest BCUT2D eigenvalue weighted by atomic mass is 16.5. The molecule has 0 atom stereocenters. The normalized spacial score (nSPS) is 16.3. The van der Waals surface area contributed by atoms with Gasteiger partial charge in [-0.1, -0.05) is 19.0 Å². The molecular formula is C19H25N3O6. The van der Waals surface area contributed by atoms with Crippen molar-refractivity contribution >= 4 is 5.91 Å². The first kappa shape index (κ1) is 20.1. The maximum Gasteiger partial charge on any atom is 0.246 e. The summed E-state index contributed by atoms with van der Waals surface area (Å²) >= 11 is 0. The zero-order chi connectivity index (χ0) is 20.3. The van der Waals surface area contributed by atoms with Crippen molar-refractivity contribution in [2.45, 2.75) is 57.9 Å². The number of hydrogen-bond acceptors (Lipinski definition) is 8. The highest BCUT2D eigenvalue weighted by molar-refractivity contribution is 5.77. The summed E-state index contributed by atoms with van der Waals surface area (Å²) < 4.78 is 16.2. The van der Waals surface area contributed by atoms with E-state index in [2.05, 4.69) is 15.5 Å². The van der Waals surface area contributed by atoms with Crippen LogP contribution < -0.4 is 10.7 Å². The number of aryl methyl sites for hydroxylation is 1. The molecule has 1 aliphatic heterocycles. The van der Waals surface area contributed by atoms with Crippen molar-refractivity contribution in [2.75, 3.05) is 13.2 Å². The molecule has 1 amide bonds. The van der Waals surface area contributed by atoms with Crippen molar-refractivity contribution in [3.05, 3.63) is 39.5 Å². The minimum Gasteiger partial charge on any atom is -0.502 e. The van der Waals surface area contributed by atoms with E-state index in [0.717, 1.165) is 0 Å². The van der Waals surface area contributed by atoms with Gasteiger partial charge in [-0.05, 0) is 19.8 Å². The van der Waals surface area contributed by atoms with Crippen molar-refractivity contribution in [2.24, 2.45) is 0 Å². The summed E-state index contributed by atoms with van der Waals surface area (Å²) in [6.45, 7) is 6.46. The Morgan fingerprint density at radius 1 is 1.36 bits per heavy atom. The number of aromatic nitrogens is 2. The van der Waals surface area contributed by atoms with Crippen LogP contribution in [0.2, 0.25) is 0 Å². The average molecular weight is 391 g/mol. The molecule has 2 N–H and O–H groups in total. The summed E-state index contributed by atoms with van der Waals surface area (Å²) in [5, 5.41) is 16.9. The van der Waals surface area contributed by atoms with Crippen LogP contribution in [0.15, 0.2) is 19.8 Å². The third-order valence-corrected chi connectivity index (χ3v) is 4.91. The van der Waals surface area contributed by atoms with Gasteiger partial charge in [-0.2, -0.15) is 4.98 Å². The Bertz CT molecular complexity index is 895. The van der Waals surface area contributed by atoms with Crippen LogP contribution in [-0.2, 0) is 21.5 Å². The van der Waals surface area contributed by atoms with E-state index in [9.17, 15) is 14.7 Å². The van der Waals surface area contributed by atoms with Crippen molar-refractivity contribution in [3.63, 3.8) is 0 Å². The maximum atomic E-state index is 12.6. The van der Waals surface area contributed by atoms with Crippen molar-refractivity contribution < 1.29 is 23.6 Å². The van der Waals surface area contributed by atoms with Crippen LogP contribution >= 0.6 is 0 Å². The second-order valence-corrected chi connectivity index (χ2v) is 7.45. The Labute approximate surface area is 162 Å². The molecule has 9 nitrogen and oxygen atoms in total. The number of hydrogen-bond donors (Lipinski definition) is 2. The lowest BCUT2D eigenvalue weighted by atomic mass is 9.74. The largest absolute Gasteiger partial charge is 0.502 e. The fourth-order valence-electron chi connectivity index (χ4n) is 3.33. The molecule has 0 saturated carbocycles. The van der Waals surface area contributed by atoms with Gasteiger partial charge >= 0.3 is 0 Å². The second kappa shape index (κ2) is 8.14. The predicted molar refractivity (Wildman–Crippen MR) is 98.0 cm³/mol. The van der Waals surface area contributed by atoms with Gasteiger partial charge < -0.3 is 24.1 Å². The fraction of sp³-hybridized carbons (Fsp3) is 0.579. The smallest absolute Gasteiger partial charge is 0.246 e. The van der Waals surface area contributed by atoms with Crippen LogP contribution in [-0.4, -0.2) is 34.4 Å². The standard InChI is InChI=1S/C19H25N3O6/c1-11(2)18-21-15(28-22-18)10-20-14(24)9-19(4-6-26-7-5-19)17-16(25)13(23)8-12(3)27-17/h8,11,25H,4-7,9-10H2,1-3H3,(H,20,24). The summed E-state index contributed by atoms with van der Waals surface area (Å²) in [6.07, 6.45) is 0.957. The number of rotatable bonds is 6. The first-order valence-corrected chi connectivity index (χ1v) is 9.32. The second-order valence-electron chi connectivity index (χ2n) is 7.45. The summed E-state index contributed by atoms with van der Waals surface area (Å²) in [6, 6.07) is 1.23. The lowest BCUT2D eigenvalue weighted by Crippen LogP contribution is -2.40. The predicted octanol–water partition coefficient (Wildman–Crippen LogP) is 1.91. The number of ether oxygens (including phenoxy) is 1. The number of aromatic hydroxyl groups is 1. The van der Waals surface area contributed by atoms with Gasteiger partial charge in [-0.25, -0.2) is 0 Å². The molecular weight excluding hydrogens is 366 g/mol. The number of amides is 1. The molecule has 0 spiro atoms. The summed E-state index contributed by atoms with van der Waals surface area (Å²) in [5.41, 5.74) is -1.33. The minimum absolute atomic E-state index is 0.0431. The van der Waals surface area contributed by atoms with Crippen LogP contribution in [0.1, 0.15) is 62.3 Å². The zero-order valence-corrected chi connectivity index (χ0v) is 16.3. The molecule has 1 fully saturated rings. The molecule has 3 rings (SSSR count). The van der Waals surface area contributed by atoms with Crippen LogP contribution in [0.25, 0.3) is 0 Å². The molecule has 3 heterocycles. The molecule has 28 heavy (non-hydrogen) atoms. The topological polar surface area (TPSA) is 128 Å². The van der Waals surface area contributed by atoms with Crippen LogP contribution in [0.4, 0.5) is 0 Å². The Kier molecular flexibility index (Phi) is 5.83. The van der Waals surface area contributed by atoms with Gasteiger partial charge in [0.15, 0.2) is 11.6 Å². The minimum atomic E-state index is -0.810. The van der Waals surface area contributed by atoms with E-state index in [4.69, 9.17) is 13.7 Å². The van der Waals surface area contributed by atoms with Gasteiger partial charge in [0.25, 0.3) is 0 Å². The quantitative estimate of drug-likeness (QED) is 0.764. The molecule has 2 aromatic rings. The fourth-order valence-corrected chi connectivity index (χ4v) is 3.33. The molecule has 1 saturated heterocycles. The molecule has 1 aliphatic rings. The van der Waals surface area contributed by atoms with Gasteiger partial charge in [0.2, 0.25) is 23.0 Å². The van der Waals surface area contributed by atoms with E-state index in [1.165, 1.54) is 6.07 Å². The van der Waals surface area contributed by atoms with Gasteiger partial charge in [0.05, 0.1) is 6.54 Å². The monoisotopic (exact) mass is 391 g/mol. The van der Waals surface area contributed by atoms with E-state index in [-0.39, 0.29) is 30.6 Å². The number of carbonyl (C=O) groups is 1. The van der Waals surface area contributed by atoms with E-state index in [1.54, 1.807) is 6.92 Å². The third kappa shape index (κ3) is 4.24. The average Bonchev–Trinajstić information content (AvgIpc) is 3.13. The first-order chi connectivity index (χ1) is 13.3. The van der Waals surface area contributed by atoms with Crippen LogP contribution in [0, 0.1) is 6.92 Å². The van der Waals surface area contributed by atoms with Crippen LogP contribution in [0.3, 0.4) is 0 Å². The SMILES string of the molecule is Cc1cc(=O)c(O)c(C2(CC(=O)NCc3nc(C(C)C)no3)CCOCC2)o1. The van der Waals surface area contributed by atoms with Crippen molar-refractivity contribution in [1.82, 2.24) is 15.5 Å². The van der Waals surface area contributed by atoms with E-state index in [1.807, 2.05) is 13.8 Å². The zero-order valence-electron chi connectivity index (χ0n) is 16.3. The van der Waals surface area contributed by atoms with E-state index >= 15 is 0 Å². The van der Waals surface area contributed by atoms with Crippen molar-refractivity contribution in [3.8, 4) is 5.75 Å². The first-order valence-electron chi connectivity index (χ1n) is 9.32. The Morgan fingerprint density at radius 3 is 2.71 bits per heavy atom. The Balaban J connectivity index is 1.77. The highest BCUT2D eigenvalue weighted by Crippen LogP contribution is 2.41. The maximum absolute atomic E-state index is 12.6. The molecule has 0 bridgehead atoms. The summed E-state index contributed by atoms with van der Waals surface area (Å²) in [4.78, 5) is 28.9. The van der Waals surface area contributed by atoms with Crippen molar-refractivity contribution in [1.29, 1.82) is 0 Å². The molecule has 152 valence electrons. The summed E-state index contributed by atoms with van der Waals surface area (Å²) in [5.74, 6) is 0.853. The highest BCUT2D eigenvalue weighted by Gasteiger charge is 2.42. The van der Waals surface area contributed by atoms with Gasteiger partial charge in [0, 0.05) is 37.0 Å². The van der Waals surface area contributed by atoms with E-state index in [0.29, 0.717) is 43.5 Å². The molecule has 9 heteroatoms. The molecule has 0 radical (unpaired) electrons. The van der Waals surface area contributed by atoms with Gasteiger partial charge in [-0.15, -0.1) is 0 Å². The Hall–Kier alpha value is -2.68. The van der Waals surface area contributed by atoms with Crippen LogP contribution in [0.5, 0.6) is 5.75 Å². The molecule has 0 aromatic carbocycles.